The van der Waals surface area contributed by atoms with Gasteiger partial charge < -0.3 is 15.8 Å². The topological polar surface area (TPSA) is 112 Å². The number of thioether (sulfide) groups is 1. The number of primary amides is 1. The molecule has 0 radical (unpaired) electrons. The highest BCUT2D eigenvalue weighted by atomic mass is 32.2. The highest BCUT2D eigenvalue weighted by Gasteiger charge is 2.27. The summed E-state index contributed by atoms with van der Waals surface area (Å²) in [4.78, 5) is 26.9. The largest absolute Gasteiger partial charge is 0.376 e. The summed E-state index contributed by atoms with van der Waals surface area (Å²) in [5.74, 6) is 0.282. The number of carbonyl (C=O) groups is 2. The molecular formula is C21H23N5O3S3. The predicted molar refractivity (Wildman–Crippen MR) is 127 cm³/mol. The summed E-state index contributed by atoms with van der Waals surface area (Å²) in [5.41, 5.74) is 7.07. The first-order valence-corrected chi connectivity index (χ1v) is 13.2. The molecule has 1 unspecified atom stereocenters. The molecule has 2 amide bonds. The van der Waals surface area contributed by atoms with Crippen molar-refractivity contribution in [1.82, 2.24) is 14.8 Å². The second kappa shape index (κ2) is 9.34. The maximum absolute atomic E-state index is 12.7. The SMILES string of the molecule is NC(=O)c1c(NC(=O)CSc2nnc(-c3cccs3)n2CC2CCCO2)sc2c1CCC2. The Morgan fingerprint density at radius 1 is 1.31 bits per heavy atom. The summed E-state index contributed by atoms with van der Waals surface area (Å²) in [6, 6.07) is 4.00. The van der Waals surface area contributed by atoms with E-state index < -0.39 is 5.91 Å². The van der Waals surface area contributed by atoms with Gasteiger partial charge >= 0.3 is 0 Å². The molecule has 1 aliphatic carbocycles. The Balaban J connectivity index is 1.30. The van der Waals surface area contributed by atoms with E-state index >= 15 is 0 Å². The van der Waals surface area contributed by atoms with Crippen LogP contribution in [0.5, 0.6) is 0 Å². The van der Waals surface area contributed by atoms with Gasteiger partial charge in [0.2, 0.25) is 5.91 Å². The number of nitrogens with one attached hydrogen (secondary N) is 1. The van der Waals surface area contributed by atoms with E-state index in [-0.39, 0.29) is 17.8 Å². The summed E-state index contributed by atoms with van der Waals surface area (Å²) < 4.78 is 7.87. The Kier molecular flexibility index (Phi) is 6.31. The summed E-state index contributed by atoms with van der Waals surface area (Å²) in [6.45, 7) is 1.44. The molecule has 1 saturated heterocycles. The van der Waals surface area contributed by atoms with Gasteiger partial charge in [-0.25, -0.2) is 0 Å². The summed E-state index contributed by atoms with van der Waals surface area (Å²) in [7, 11) is 0. The molecule has 3 aromatic rings. The van der Waals surface area contributed by atoms with Crippen molar-refractivity contribution in [2.24, 2.45) is 5.73 Å². The Morgan fingerprint density at radius 3 is 2.97 bits per heavy atom. The number of carbonyl (C=O) groups excluding carboxylic acids is 2. The van der Waals surface area contributed by atoms with Gasteiger partial charge in [-0.3, -0.25) is 14.2 Å². The molecule has 1 atom stereocenters. The molecule has 2 aliphatic rings. The van der Waals surface area contributed by atoms with Gasteiger partial charge in [-0.05, 0) is 49.1 Å². The number of anilines is 1. The van der Waals surface area contributed by atoms with Crippen LogP contribution < -0.4 is 11.1 Å². The highest BCUT2D eigenvalue weighted by molar-refractivity contribution is 7.99. The van der Waals surface area contributed by atoms with E-state index in [4.69, 9.17) is 10.5 Å². The summed E-state index contributed by atoms with van der Waals surface area (Å²) >= 11 is 4.41. The highest BCUT2D eigenvalue weighted by Crippen LogP contribution is 2.39. The monoisotopic (exact) mass is 489 g/mol. The van der Waals surface area contributed by atoms with Crippen LogP contribution in [0.3, 0.4) is 0 Å². The number of nitrogens with zero attached hydrogens (tertiary/aromatic N) is 3. The van der Waals surface area contributed by atoms with Crippen LogP contribution >= 0.6 is 34.4 Å². The molecule has 1 aliphatic heterocycles. The van der Waals surface area contributed by atoms with Crippen molar-refractivity contribution >= 4 is 51.3 Å². The fourth-order valence-corrected chi connectivity index (χ4v) is 6.96. The normalized spacial score (nSPS) is 17.6. The number of nitrogens with two attached hydrogens (primary N) is 1. The fourth-order valence-electron chi connectivity index (χ4n) is 4.19. The third-order valence-electron chi connectivity index (χ3n) is 5.62. The maximum atomic E-state index is 12.7. The number of fused-ring (bicyclic) bond motifs is 1. The zero-order valence-corrected chi connectivity index (χ0v) is 19.8. The third-order valence-corrected chi connectivity index (χ3v) is 8.66. The molecule has 168 valence electrons. The second-order valence-corrected chi connectivity index (χ2v) is 10.8. The van der Waals surface area contributed by atoms with Crippen LogP contribution in [0.1, 0.15) is 40.1 Å². The quantitative estimate of drug-likeness (QED) is 0.468. The molecule has 0 aromatic carbocycles. The van der Waals surface area contributed by atoms with Gasteiger partial charge in [0.05, 0.1) is 28.8 Å². The minimum Gasteiger partial charge on any atom is -0.376 e. The first-order chi connectivity index (χ1) is 15.6. The van der Waals surface area contributed by atoms with Crippen LogP contribution in [0.4, 0.5) is 5.00 Å². The lowest BCUT2D eigenvalue weighted by atomic mass is 10.1. The minimum atomic E-state index is -0.482. The first-order valence-electron chi connectivity index (χ1n) is 10.6. The van der Waals surface area contributed by atoms with E-state index in [1.54, 1.807) is 11.3 Å². The van der Waals surface area contributed by atoms with Gasteiger partial charge in [0, 0.05) is 11.5 Å². The minimum absolute atomic E-state index is 0.129. The van der Waals surface area contributed by atoms with Crippen LogP contribution in [0, 0.1) is 0 Å². The van der Waals surface area contributed by atoms with E-state index in [9.17, 15) is 9.59 Å². The van der Waals surface area contributed by atoms with Gasteiger partial charge in [-0.2, -0.15) is 0 Å². The van der Waals surface area contributed by atoms with Crippen LogP contribution in [-0.4, -0.2) is 45.0 Å². The van der Waals surface area contributed by atoms with E-state index in [2.05, 4.69) is 15.5 Å². The smallest absolute Gasteiger partial charge is 0.251 e. The zero-order chi connectivity index (χ0) is 22.1. The Hall–Kier alpha value is -2.21. The van der Waals surface area contributed by atoms with Crippen LogP contribution in [-0.2, 0) is 28.9 Å². The van der Waals surface area contributed by atoms with E-state index in [1.807, 2.05) is 22.1 Å². The molecule has 32 heavy (non-hydrogen) atoms. The van der Waals surface area contributed by atoms with E-state index in [0.29, 0.717) is 22.3 Å². The Labute approximate surface area is 197 Å². The Morgan fingerprint density at radius 2 is 2.22 bits per heavy atom. The average molecular weight is 490 g/mol. The molecule has 0 saturated carbocycles. The molecular weight excluding hydrogens is 466 g/mol. The number of rotatable bonds is 8. The number of thiophene rings is 2. The lowest BCUT2D eigenvalue weighted by Gasteiger charge is -2.14. The van der Waals surface area contributed by atoms with E-state index in [0.717, 1.165) is 59.9 Å². The van der Waals surface area contributed by atoms with Crippen LogP contribution in [0.2, 0.25) is 0 Å². The van der Waals surface area contributed by atoms with Crippen molar-refractivity contribution in [2.45, 2.75) is 49.9 Å². The van der Waals surface area contributed by atoms with Crippen LogP contribution in [0.25, 0.3) is 10.7 Å². The van der Waals surface area contributed by atoms with Crippen molar-refractivity contribution in [3.63, 3.8) is 0 Å². The van der Waals surface area contributed by atoms with Gasteiger partial charge in [0.25, 0.3) is 5.91 Å². The van der Waals surface area contributed by atoms with Gasteiger partial charge in [0.15, 0.2) is 11.0 Å². The Bertz CT molecular complexity index is 1130. The number of hydrogen-bond donors (Lipinski definition) is 2. The molecule has 3 N–H and O–H groups in total. The van der Waals surface area contributed by atoms with Crippen molar-refractivity contribution in [1.29, 1.82) is 0 Å². The standard InChI is InChI=1S/C21H23N5O3S3/c22-18(28)17-13-5-1-6-14(13)32-20(17)23-16(27)11-31-21-25-24-19(15-7-3-9-30-15)26(21)10-12-4-2-8-29-12/h3,7,9,12H,1-2,4-6,8,10-11H2,(H2,22,28)(H,23,27). The van der Waals surface area contributed by atoms with Gasteiger partial charge in [-0.1, -0.05) is 17.8 Å². The molecule has 0 bridgehead atoms. The molecule has 8 nitrogen and oxygen atoms in total. The van der Waals surface area contributed by atoms with Crippen molar-refractivity contribution in [2.75, 3.05) is 17.7 Å². The number of hydrogen-bond acceptors (Lipinski definition) is 8. The number of ether oxygens (including phenoxy) is 1. The van der Waals surface area contributed by atoms with Gasteiger partial charge in [-0.15, -0.1) is 32.9 Å². The molecule has 4 heterocycles. The average Bonchev–Trinajstić information content (AvgIpc) is 3.55. The van der Waals surface area contributed by atoms with Crippen molar-refractivity contribution in [3.05, 3.63) is 33.5 Å². The molecule has 11 heteroatoms. The van der Waals surface area contributed by atoms with Crippen molar-refractivity contribution in [3.8, 4) is 10.7 Å². The number of amides is 2. The van der Waals surface area contributed by atoms with Gasteiger partial charge in [0.1, 0.15) is 5.00 Å². The summed E-state index contributed by atoms with van der Waals surface area (Å²) in [5, 5.41) is 14.9. The predicted octanol–water partition coefficient (Wildman–Crippen LogP) is 3.57. The molecule has 0 spiro atoms. The third kappa shape index (κ3) is 4.34. The first kappa shape index (κ1) is 21.6. The van der Waals surface area contributed by atoms with Crippen molar-refractivity contribution < 1.29 is 14.3 Å². The molecule has 3 aromatic heterocycles. The zero-order valence-electron chi connectivity index (χ0n) is 17.3. The number of aryl methyl sites for hydroxylation is 1. The second-order valence-electron chi connectivity index (χ2n) is 7.79. The number of aromatic nitrogens is 3. The lowest BCUT2D eigenvalue weighted by Crippen LogP contribution is -2.20. The fraction of sp³-hybridized carbons (Fsp3) is 0.429. The summed E-state index contributed by atoms with van der Waals surface area (Å²) in [6.07, 6.45) is 4.99. The molecule has 1 fully saturated rings. The molecule has 5 rings (SSSR count). The van der Waals surface area contributed by atoms with Crippen LogP contribution in [0.15, 0.2) is 22.7 Å². The lowest BCUT2D eigenvalue weighted by molar-refractivity contribution is -0.113. The van der Waals surface area contributed by atoms with E-state index in [1.165, 1.54) is 23.1 Å². The maximum Gasteiger partial charge on any atom is 0.251 e.